The van der Waals surface area contributed by atoms with Gasteiger partial charge in [0.05, 0.1) is 17.9 Å². The molecule has 2 saturated heterocycles. The second kappa shape index (κ2) is 8.60. The fourth-order valence-electron chi connectivity index (χ4n) is 3.85. The molecule has 7 nitrogen and oxygen atoms in total. The predicted molar refractivity (Wildman–Crippen MR) is 108 cm³/mol. The minimum atomic E-state index is -1.15. The topological polar surface area (TPSA) is 91.7 Å². The summed E-state index contributed by atoms with van der Waals surface area (Å²) >= 11 is 0. The number of esters is 1. The molecule has 2 aliphatic heterocycles. The molecule has 2 heterocycles. The van der Waals surface area contributed by atoms with Crippen LogP contribution in [-0.4, -0.2) is 49.3 Å². The van der Waals surface area contributed by atoms with Crippen LogP contribution >= 0.6 is 0 Å². The number of carbonyl (C=O) groups excluding carboxylic acids is 2. The molecule has 162 valence electrons. The van der Waals surface area contributed by atoms with Crippen molar-refractivity contribution in [1.29, 1.82) is 5.26 Å². The number of anilines is 1. The number of rotatable bonds is 4. The molecule has 1 atom stereocenters. The van der Waals surface area contributed by atoms with Gasteiger partial charge in [-0.2, -0.15) is 5.26 Å². The van der Waals surface area contributed by atoms with Crippen molar-refractivity contribution in [2.24, 2.45) is 5.92 Å². The fraction of sp³-hybridized carbons (Fsp3) is 0.591. The Morgan fingerprint density at radius 1 is 1.33 bits per heavy atom. The van der Waals surface area contributed by atoms with Crippen molar-refractivity contribution < 1.29 is 23.5 Å². The Bertz CT molecular complexity index is 845. The van der Waals surface area contributed by atoms with E-state index in [0.29, 0.717) is 44.6 Å². The third kappa shape index (κ3) is 4.90. The number of hydrogen-bond acceptors (Lipinski definition) is 6. The van der Waals surface area contributed by atoms with E-state index in [4.69, 9.17) is 9.47 Å². The maximum Gasteiger partial charge on any atom is 0.334 e. The van der Waals surface area contributed by atoms with E-state index < -0.39 is 22.9 Å². The molecule has 8 heteroatoms. The molecule has 0 bridgehead atoms. The van der Waals surface area contributed by atoms with Gasteiger partial charge in [0.2, 0.25) is 5.91 Å². The maximum atomic E-state index is 13.4. The zero-order valence-corrected chi connectivity index (χ0v) is 17.7. The third-order valence-electron chi connectivity index (χ3n) is 5.46. The van der Waals surface area contributed by atoms with Crippen molar-refractivity contribution in [3.05, 3.63) is 29.6 Å². The number of piperidine rings is 1. The first-order valence-electron chi connectivity index (χ1n) is 10.2. The zero-order chi connectivity index (χ0) is 21.9. The molecule has 1 unspecified atom stereocenters. The van der Waals surface area contributed by atoms with Gasteiger partial charge in [0.1, 0.15) is 17.5 Å². The van der Waals surface area contributed by atoms with Crippen molar-refractivity contribution in [2.75, 3.05) is 31.2 Å². The Labute approximate surface area is 176 Å². The lowest BCUT2D eigenvalue weighted by Crippen LogP contribution is -2.59. The van der Waals surface area contributed by atoms with Gasteiger partial charge in [-0.3, -0.25) is 4.79 Å². The number of hydrogen-bond donors (Lipinski definition) is 1. The number of amides is 1. The van der Waals surface area contributed by atoms with Gasteiger partial charge in [0, 0.05) is 32.0 Å². The van der Waals surface area contributed by atoms with E-state index in [1.165, 1.54) is 12.1 Å². The van der Waals surface area contributed by atoms with Gasteiger partial charge in [0.15, 0.2) is 5.54 Å². The van der Waals surface area contributed by atoms with Gasteiger partial charge < -0.3 is 19.7 Å². The SMILES string of the molecule is CC(C)(C)OC(=O)C1(NC(=O)C2CCN(c3ccc(F)cc3C#N)CC2)CCOC1. The molecule has 0 spiro atoms. The molecule has 2 aliphatic rings. The first-order valence-corrected chi connectivity index (χ1v) is 10.2. The quantitative estimate of drug-likeness (QED) is 0.757. The van der Waals surface area contributed by atoms with Crippen LogP contribution in [-0.2, 0) is 19.1 Å². The lowest BCUT2D eigenvalue weighted by molar-refractivity contribution is -0.165. The smallest absolute Gasteiger partial charge is 0.334 e. The minimum absolute atomic E-state index is 0.105. The summed E-state index contributed by atoms with van der Waals surface area (Å²) in [4.78, 5) is 27.7. The zero-order valence-electron chi connectivity index (χ0n) is 17.7. The summed E-state index contributed by atoms with van der Waals surface area (Å²) in [6.45, 7) is 6.99. The standard InChI is InChI=1S/C22H28FN3O4/c1-21(2,3)30-20(28)22(8-11-29-14-22)25-19(27)15-6-9-26(10-7-15)18-5-4-17(23)12-16(18)13-24/h4-5,12,15H,6-11,14H2,1-3H3,(H,25,27). The molecule has 0 aromatic heterocycles. The van der Waals surface area contributed by atoms with E-state index in [2.05, 4.69) is 5.32 Å². The van der Waals surface area contributed by atoms with E-state index in [9.17, 15) is 19.2 Å². The van der Waals surface area contributed by atoms with E-state index >= 15 is 0 Å². The van der Waals surface area contributed by atoms with Crippen LogP contribution in [0.2, 0.25) is 0 Å². The summed E-state index contributed by atoms with van der Waals surface area (Å²) in [5.74, 6) is -1.36. The monoisotopic (exact) mass is 417 g/mol. The highest BCUT2D eigenvalue weighted by molar-refractivity contribution is 5.89. The van der Waals surface area contributed by atoms with Crippen LogP contribution in [0.5, 0.6) is 0 Å². The summed E-state index contributed by atoms with van der Waals surface area (Å²) in [5.41, 5.74) is -0.847. The molecular formula is C22H28FN3O4. The molecule has 30 heavy (non-hydrogen) atoms. The average molecular weight is 417 g/mol. The molecule has 0 saturated carbocycles. The highest BCUT2D eigenvalue weighted by Gasteiger charge is 2.47. The lowest BCUT2D eigenvalue weighted by atomic mass is 9.92. The molecule has 1 aromatic carbocycles. The van der Waals surface area contributed by atoms with Crippen LogP contribution < -0.4 is 10.2 Å². The maximum absolute atomic E-state index is 13.4. The highest BCUT2D eigenvalue weighted by Crippen LogP contribution is 2.29. The Kier molecular flexibility index (Phi) is 6.32. The first-order chi connectivity index (χ1) is 14.1. The average Bonchev–Trinajstić information content (AvgIpc) is 3.16. The molecule has 0 aliphatic carbocycles. The highest BCUT2D eigenvalue weighted by atomic mass is 19.1. The number of halogens is 1. The summed E-state index contributed by atoms with van der Waals surface area (Å²) < 4.78 is 24.3. The number of carbonyl (C=O) groups is 2. The number of nitrogens with zero attached hydrogens (tertiary/aromatic N) is 2. The molecule has 1 amide bonds. The van der Waals surface area contributed by atoms with Crippen LogP contribution in [0.25, 0.3) is 0 Å². The van der Waals surface area contributed by atoms with Gasteiger partial charge in [-0.05, 0) is 51.8 Å². The number of nitrogens with one attached hydrogen (secondary N) is 1. The van der Waals surface area contributed by atoms with Gasteiger partial charge in [-0.1, -0.05) is 0 Å². The van der Waals surface area contributed by atoms with Gasteiger partial charge >= 0.3 is 5.97 Å². The van der Waals surface area contributed by atoms with Crippen molar-refractivity contribution in [1.82, 2.24) is 5.32 Å². The van der Waals surface area contributed by atoms with Crippen LogP contribution in [0.15, 0.2) is 18.2 Å². The van der Waals surface area contributed by atoms with Crippen LogP contribution in [0.1, 0.15) is 45.6 Å². The van der Waals surface area contributed by atoms with Gasteiger partial charge in [0.25, 0.3) is 0 Å². The van der Waals surface area contributed by atoms with E-state index in [1.807, 2.05) is 11.0 Å². The molecule has 1 N–H and O–H groups in total. The summed E-state index contributed by atoms with van der Waals surface area (Å²) in [5, 5.41) is 12.2. The predicted octanol–water partition coefficient (Wildman–Crippen LogP) is 2.53. The van der Waals surface area contributed by atoms with E-state index in [0.717, 1.165) is 0 Å². The largest absolute Gasteiger partial charge is 0.458 e. The normalized spacial score (nSPS) is 22.4. The Morgan fingerprint density at radius 2 is 2.03 bits per heavy atom. The summed E-state index contributed by atoms with van der Waals surface area (Å²) in [6, 6.07) is 6.18. The Morgan fingerprint density at radius 3 is 2.60 bits per heavy atom. The minimum Gasteiger partial charge on any atom is -0.458 e. The molecule has 2 fully saturated rings. The molecule has 1 aromatic rings. The lowest BCUT2D eigenvalue weighted by Gasteiger charge is -2.36. The fourth-order valence-corrected chi connectivity index (χ4v) is 3.85. The second-order valence-corrected chi connectivity index (χ2v) is 8.91. The molecule has 3 rings (SSSR count). The second-order valence-electron chi connectivity index (χ2n) is 8.91. The third-order valence-corrected chi connectivity index (χ3v) is 5.46. The summed E-state index contributed by atoms with van der Waals surface area (Å²) in [6.07, 6.45) is 1.52. The van der Waals surface area contributed by atoms with Gasteiger partial charge in [-0.25, -0.2) is 9.18 Å². The van der Waals surface area contributed by atoms with Gasteiger partial charge in [-0.15, -0.1) is 0 Å². The Hall–Kier alpha value is -2.66. The molecule has 0 radical (unpaired) electrons. The van der Waals surface area contributed by atoms with Crippen molar-refractivity contribution in [2.45, 2.75) is 51.2 Å². The van der Waals surface area contributed by atoms with Crippen molar-refractivity contribution in [3.8, 4) is 6.07 Å². The number of benzene rings is 1. The number of ether oxygens (including phenoxy) is 2. The Balaban J connectivity index is 1.63. The van der Waals surface area contributed by atoms with Crippen LogP contribution in [0.4, 0.5) is 10.1 Å². The first kappa shape index (κ1) is 22.0. The molecular weight excluding hydrogens is 389 g/mol. The van der Waals surface area contributed by atoms with Crippen molar-refractivity contribution >= 4 is 17.6 Å². The van der Waals surface area contributed by atoms with E-state index in [1.54, 1.807) is 26.8 Å². The van der Waals surface area contributed by atoms with Crippen molar-refractivity contribution in [3.63, 3.8) is 0 Å². The van der Waals surface area contributed by atoms with Crippen LogP contribution in [0.3, 0.4) is 0 Å². The summed E-state index contributed by atoms with van der Waals surface area (Å²) in [7, 11) is 0. The van der Waals surface area contributed by atoms with Crippen LogP contribution in [0, 0.1) is 23.1 Å². The van der Waals surface area contributed by atoms with E-state index in [-0.39, 0.29) is 24.0 Å². The number of nitriles is 1.